The van der Waals surface area contributed by atoms with Crippen LogP contribution in [-0.4, -0.2) is 46.2 Å². The number of carboxylic acids is 2. The van der Waals surface area contributed by atoms with Crippen LogP contribution in [0.4, 0.5) is 0 Å². The molecule has 2 saturated carbocycles. The Labute approximate surface area is 260 Å². The number of carbonyl (C=O) groups excluding carboxylic acids is 2. The van der Waals surface area contributed by atoms with Crippen molar-refractivity contribution in [3.05, 3.63) is 57.6 Å². The molecule has 2 aromatic carbocycles. The number of hydrogen-bond donors (Lipinski definition) is 2. The van der Waals surface area contributed by atoms with E-state index in [1.54, 1.807) is 0 Å². The van der Waals surface area contributed by atoms with Gasteiger partial charge in [0.25, 0.3) is 0 Å². The first-order valence-corrected chi connectivity index (χ1v) is 14.2. The zero-order valence-electron chi connectivity index (χ0n) is 25.9. The number of rotatable bonds is 6. The predicted molar refractivity (Wildman–Crippen MR) is 159 cm³/mol. The molecule has 0 saturated heterocycles. The van der Waals surface area contributed by atoms with E-state index >= 15 is 0 Å². The Morgan fingerprint density at radius 3 is 1.71 bits per heavy atom. The zero-order chi connectivity index (χ0) is 31.1. The summed E-state index contributed by atoms with van der Waals surface area (Å²) in [6.45, 7) is 14.5. The average molecular weight is 624 g/mol. The van der Waals surface area contributed by atoms with Crippen LogP contribution in [0.5, 0.6) is 11.5 Å². The number of carboxylic acid groups (broad SMARTS) is 2. The second-order valence-corrected chi connectivity index (χ2v) is 11.9. The SMILES string of the molecule is CC(=O)[O-].CC(=O)[O-].Cc1cc(C=NC2CC3CCC2(N=Cc2cc(C)cc(C(C)C)c2O)C3)c(O)c(C(C)C)c1.[Co+2]. The van der Waals surface area contributed by atoms with Crippen LogP contribution in [-0.2, 0) is 26.4 Å². The van der Waals surface area contributed by atoms with Gasteiger partial charge in [-0.2, -0.15) is 0 Å². The summed E-state index contributed by atoms with van der Waals surface area (Å²) in [7, 11) is 0. The van der Waals surface area contributed by atoms with E-state index in [2.05, 4.69) is 53.7 Å². The van der Waals surface area contributed by atoms with Crippen molar-refractivity contribution in [2.75, 3.05) is 0 Å². The van der Waals surface area contributed by atoms with E-state index in [1.165, 1.54) is 6.42 Å². The van der Waals surface area contributed by atoms with Gasteiger partial charge in [-0.1, -0.05) is 39.8 Å². The molecule has 3 atom stereocenters. The summed E-state index contributed by atoms with van der Waals surface area (Å²) in [5.74, 6) is -0.319. The predicted octanol–water partition coefficient (Wildman–Crippen LogP) is 4.32. The molecule has 42 heavy (non-hydrogen) atoms. The third-order valence-electron chi connectivity index (χ3n) is 7.53. The minimum atomic E-state index is -1.08. The van der Waals surface area contributed by atoms with Gasteiger partial charge in [-0.25, -0.2) is 0 Å². The molecule has 9 heteroatoms. The fraction of sp³-hybridized carbons (Fsp3) is 0.515. The standard InChI is InChI=1S/C29H38N2O2.2C2H4O2.Co/c1-17(2)24-11-19(5)9-22(27(24)32)15-30-26-13-21-7-8-29(26,14-21)31-16-23-10-20(6)12-25(18(3)4)28(23)33;2*1-2(3)4;/h9-12,15-18,21,26,32-33H,7-8,13-14H2,1-6H3;2*1H3,(H,3,4);/q;;;+2/p-2. The number of aromatic hydroxyl groups is 2. The normalized spacial score (nSPS) is 20.7. The average Bonchev–Trinajstić information content (AvgIpc) is 3.42. The Hall–Kier alpha value is -3.17. The van der Waals surface area contributed by atoms with Crippen LogP contribution in [0, 0.1) is 19.8 Å². The van der Waals surface area contributed by atoms with Crippen LogP contribution >= 0.6 is 0 Å². The summed E-state index contributed by atoms with van der Waals surface area (Å²) >= 11 is 0. The fourth-order valence-corrected chi connectivity index (χ4v) is 5.72. The van der Waals surface area contributed by atoms with Crippen molar-refractivity contribution in [2.45, 2.75) is 104 Å². The van der Waals surface area contributed by atoms with E-state index in [0.717, 1.165) is 66.5 Å². The Bertz CT molecular complexity index is 1280. The number of benzene rings is 2. The number of phenols is 2. The van der Waals surface area contributed by atoms with Crippen molar-refractivity contribution in [2.24, 2.45) is 15.9 Å². The topological polar surface area (TPSA) is 145 Å². The largest absolute Gasteiger partial charge is 2.00 e. The van der Waals surface area contributed by atoms with Crippen LogP contribution in [0.3, 0.4) is 0 Å². The first-order valence-electron chi connectivity index (χ1n) is 14.2. The van der Waals surface area contributed by atoms with Gasteiger partial charge in [0.2, 0.25) is 0 Å². The summed E-state index contributed by atoms with van der Waals surface area (Å²) in [5, 5.41) is 39.4. The molecule has 0 aliphatic heterocycles. The molecule has 4 rings (SSSR count). The molecule has 3 unspecified atom stereocenters. The smallest absolute Gasteiger partial charge is 0.550 e. The maximum Gasteiger partial charge on any atom is 2.00 e. The minimum Gasteiger partial charge on any atom is -0.550 e. The van der Waals surface area contributed by atoms with E-state index in [9.17, 15) is 10.2 Å². The van der Waals surface area contributed by atoms with Crippen molar-refractivity contribution in [3.63, 3.8) is 0 Å². The first kappa shape index (κ1) is 36.9. The van der Waals surface area contributed by atoms with Crippen LogP contribution in [0.2, 0.25) is 0 Å². The molecule has 2 aromatic rings. The second kappa shape index (κ2) is 15.9. The monoisotopic (exact) mass is 623 g/mol. The molecule has 1 radical (unpaired) electrons. The van der Waals surface area contributed by atoms with E-state index in [1.807, 2.05) is 24.6 Å². The van der Waals surface area contributed by atoms with Crippen LogP contribution in [0.25, 0.3) is 0 Å². The number of fused-ring (bicyclic) bond motifs is 2. The third-order valence-corrected chi connectivity index (χ3v) is 7.53. The van der Waals surface area contributed by atoms with E-state index in [-0.39, 0.29) is 40.2 Å². The van der Waals surface area contributed by atoms with Crippen LogP contribution in [0.1, 0.15) is 112 Å². The van der Waals surface area contributed by atoms with Gasteiger partial charge in [-0.3, -0.25) is 9.98 Å². The summed E-state index contributed by atoms with van der Waals surface area (Å²) < 4.78 is 0. The Morgan fingerprint density at radius 2 is 1.31 bits per heavy atom. The van der Waals surface area contributed by atoms with Crippen molar-refractivity contribution in [3.8, 4) is 11.5 Å². The quantitative estimate of drug-likeness (QED) is 0.459. The molecule has 2 N–H and O–H groups in total. The van der Waals surface area contributed by atoms with Gasteiger partial charge >= 0.3 is 16.8 Å². The molecule has 0 spiro atoms. The van der Waals surface area contributed by atoms with Gasteiger partial charge in [-0.15, -0.1) is 0 Å². The molecule has 2 bridgehead atoms. The van der Waals surface area contributed by atoms with Gasteiger partial charge in [0, 0.05) is 35.5 Å². The maximum absolute atomic E-state index is 10.8. The molecule has 0 aromatic heterocycles. The fourth-order valence-electron chi connectivity index (χ4n) is 5.72. The molecule has 2 aliphatic carbocycles. The molecule has 0 amide bonds. The van der Waals surface area contributed by atoms with Crippen molar-refractivity contribution >= 4 is 24.4 Å². The molecular formula is C33H44CoN2O6. The Balaban J connectivity index is 0.000000873. The Kier molecular flexibility index (Phi) is 13.9. The van der Waals surface area contributed by atoms with Gasteiger partial charge < -0.3 is 30.0 Å². The number of hydrogen-bond acceptors (Lipinski definition) is 8. The molecular weight excluding hydrogens is 579 g/mol. The van der Waals surface area contributed by atoms with E-state index < -0.39 is 11.9 Å². The molecule has 8 nitrogen and oxygen atoms in total. The number of aliphatic carboxylic acids is 2. The minimum absolute atomic E-state index is 0. The molecule has 2 fully saturated rings. The van der Waals surface area contributed by atoms with Gasteiger partial charge in [0.1, 0.15) is 11.5 Å². The maximum atomic E-state index is 10.8. The molecule has 0 heterocycles. The third kappa shape index (κ3) is 9.98. The molecule has 231 valence electrons. The van der Waals surface area contributed by atoms with Gasteiger partial charge in [0.15, 0.2) is 0 Å². The number of nitrogens with zero attached hydrogens (tertiary/aromatic N) is 2. The van der Waals surface area contributed by atoms with Crippen molar-refractivity contribution < 1.29 is 46.8 Å². The summed E-state index contributed by atoms with van der Waals surface area (Å²) in [6, 6.07) is 8.24. The van der Waals surface area contributed by atoms with E-state index in [0.29, 0.717) is 17.4 Å². The van der Waals surface area contributed by atoms with Crippen molar-refractivity contribution in [1.29, 1.82) is 0 Å². The first-order chi connectivity index (χ1) is 19.1. The second-order valence-electron chi connectivity index (χ2n) is 11.9. The summed E-state index contributed by atoms with van der Waals surface area (Å²) in [5.41, 5.74) is 5.58. The van der Waals surface area contributed by atoms with E-state index in [4.69, 9.17) is 29.8 Å². The summed E-state index contributed by atoms with van der Waals surface area (Å²) in [6.07, 6.45) is 8.04. The van der Waals surface area contributed by atoms with Crippen LogP contribution < -0.4 is 10.2 Å². The number of aryl methyl sites for hydroxylation is 2. The number of phenolic OH excluding ortho intramolecular Hbond substituents is 2. The number of carbonyl (C=O) groups is 2. The Morgan fingerprint density at radius 1 is 0.881 bits per heavy atom. The van der Waals surface area contributed by atoms with Gasteiger partial charge in [0.05, 0.1) is 11.6 Å². The van der Waals surface area contributed by atoms with Crippen LogP contribution in [0.15, 0.2) is 34.3 Å². The van der Waals surface area contributed by atoms with Crippen molar-refractivity contribution in [1.82, 2.24) is 0 Å². The zero-order valence-corrected chi connectivity index (χ0v) is 26.9. The van der Waals surface area contributed by atoms with Gasteiger partial charge in [-0.05, 0) is 106 Å². The molecule has 2 aliphatic rings. The summed E-state index contributed by atoms with van der Waals surface area (Å²) in [4.78, 5) is 27.9. The number of aliphatic imine (C=N–C) groups is 2.